The number of nitrogens with zero attached hydrogens (tertiary/aromatic N) is 1. The number of hydrogen-bond donors (Lipinski definition) is 2. The number of hydrogen-bond acceptors (Lipinski definition) is 4. The minimum absolute atomic E-state index is 0.153. The Hall–Kier alpha value is -1.79. The third-order valence-corrected chi connectivity index (χ3v) is 5.92. The van der Waals surface area contributed by atoms with Crippen LogP contribution in [0, 0.1) is 12.7 Å². The van der Waals surface area contributed by atoms with Crippen LogP contribution in [0.15, 0.2) is 24.3 Å². The number of nitrogens with one attached hydrogen (secondary N) is 2. The molecule has 3 atom stereocenters. The number of halogens is 1. The van der Waals surface area contributed by atoms with Crippen molar-refractivity contribution in [2.45, 2.75) is 44.3 Å². The molecule has 2 saturated heterocycles. The summed E-state index contributed by atoms with van der Waals surface area (Å²) in [6, 6.07) is 7.70. The molecule has 2 aliphatic heterocycles. The molecule has 1 aromatic carbocycles. The molecule has 120 valence electrons. The van der Waals surface area contributed by atoms with Gasteiger partial charge in [0.05, 0.1) is 10.6 Å². The molecule has 0 aliphatic carbocycles. The number of amides is 1. The van der Waals surface area contributed by atoms with Gasteiger partial charge >= 0.3 is 0 Å². The molecule has 3 heterocycles. The molecule has 23 heavy (non-hydrogen) atoms. The molecule has 2 aromatic rings. The maximum Gasteiger partial charge on any atom is 0.280 e. The first-order valence-electron chi connectivity index (χ1n) is 7.91. The summed E-state index contributed by atoms with van der Waals surface area (Å²) < 4.78 is 14.0. The molecule has 1 amide bonds. The second-order valence-electron chi connectivity index (χ2n) is 6.28. The van der Waals surface area contributed by atoms with Gasteiger partial charge < -0.3 is 10.6 Å². The first-order valence-corrected chi connectivity index (χ1v) is 8.72. The van der Waals surface area contributed by atoms with Crippen LogP contribution in [0.3, 0.4) is 0 Å². The zero-order valence-electron chi connectivity index (χ0n) is 12.8. The minimum Gasteiger partial charge on any atom is -0.346 e. The van der Waals surface area contributed by atoms with Crippen LogP contribution in [0.1, 0.15) is 34.8 Å². The van der Waals surface area contributed by atoms with Crippen molar-refractivity contribution in [2.24, 2.45) is 0 Å². The Morgan fingerprint density at radius 1 is 1.39 bits per heavy atom. The van der Waals surface area contributed by atoms with Crippen molar-refractivity contribution < 1.29 is 9.18 Å². The summed E-state index contributed by atoms with van der Waals surface area (Å²) in [4.78, 5) is 17.5. The average molecular weight is 331 g/mol. The fraction of sp³-hybridized carbons (Fsp3) is 0.412. The van der Waals surface area contributed by atoms with E-state index in [0.29, 0.717) is 28.3 Å². The molecule has 2 fully saturated rings. The molecular formula is C17H18FN3OS. The van der Waals surface area contributed by atoms with E-state index in [4.69, 9.17) is 0 Å². The largest absolute Gasteiger partial charge is 0.346 e. The summed E-state index contributed by atoms with van der Waals surface area (Å²) in [6.07, 6.45) is 3.30. The second-order valence-corrected chi connectivity index (χ2v) is 7.28. The molecule has 1 aromatic heterocycles. The van der Waals surface area contributed by atoms with E-state index < -0.39 is 0 Å². The minimum atomic E-state index is -0.288. The smallest absolute Gasteiger partial charge is 0.280 e. The van der Waals surface area contributed by atoms with Crippen molar-refractivity contribution in [3.05, 3.63) is 40.8 Å². The predicted octanol–water partition coefficient (Wildman–Crippen LogP) is 2.88. The van der Waals surface area contributed by atoms with E-state index in [9.17, 15) is 9.18 Å². The van der Waals surface area contributed by atoms with Crippen molar-refractivity contribution >= 4 is 17.2 Å². The third-order valence-electron chi connectivity index (χ3n) is 4.73. The zero-order chi connectivity index (χ0) is 16.0. The van der Waals surface area contributed by atoms with Crippen molar-refractivity contribution in [1.82, 2.24) is 15.6 Å². The molecule has 2 aliphatic rings. The lowest BCUT2D eigenvalue weighted by molar-refractivity contribution is 0.0930. The number of thiazole rings is 1. The molecule has 0 saturated carbocycles. The summed E-state index contributed by atoms with van der Waals surface area (Å²) in [5, 5.41) is 7.00. The lowest BCUT2D eigenvalue weighted by atomic mass is 9.95. The van der Waals surface area contributed by atoms with Crippen LogP contribution in [-0.2, 0) is 0 Å². The summed E-state index contributed by atoms with van der Waals surface area (Å²) >= 11 is 1.25. The van der Waals surface area contributed by atoms with E-state index in [1.54, 1.807) is 18.2 Å². The maximum atomic E-state index is 14.0. The summed E-state index contributed by atoms with van der Waals surface area (Å²) in [6.45, 7) is 1.81. The number of aryl methyl sites for hydroxylation is 1. The Morgan fingerprint density at radius 2 is 2.22 bits per heavy atom. The van der Waals surface area contributed by atoms with Crippen LogP contribution in [0.5, 0.6) is 0 Å². The fourth-order valence-electron chi connectivity index (χ4n) is 3.60. The predicted molar refractivity (Wildman–Crippen MR) is 88.1 cm³/mol. The van der Waals surface area contributed by atoms with Crippen LogP contribution in [0.2, 0.25) is 0 Å². The first kappa shape index (κ1) is 14.8. The van der Waals surface area contributed by atoms with Gasteiger partial charge in [0.2, 0.25) is 0 Å². The van der Waals surface area contributed by atoms with E-state index >= 15 is 0 Å². The SMILES string of the molecule is Cc1nc(C(=O)NC2CC3CCC2N3)sc1-c1ccccc1F. The number of benzene rings is 1. The Balaban J connectivity index is 1.55. The van der Waals surface area contributed by atoms with Gasteiger partial charge in [0.15, 0.2) is 5.01 Å². The van der Waals surface area contributed by atoms with Crippen molar-refractivity contribution in [3.63, 3.8) is 0 Å². The quantitative estimate of drug-likeness (QED) is 0.909. The zero-order valence-corrected chi connectivity index (χ0v) is 13.6. The number of carbonyl (C=O) groups is 1. The highest BCUT2D eigenvalue weighted by molar-refractivity contribution is 7.17. The van der Waals surface area contributed by atoms with Crippen LogP contribution >= 0.6 is 11.3 Å². The Morgan fingerprint density at radius 3 is 2.91 bits per heavy atom. The van der Waals surface area contributed by atoms with E-state index in [1.807, 2.05) is 6.92 Å². The Kier molecular flexibility index (Phi) is 3.66. The molecular weight excluding hydrogens is 313 g/mol. The topological polar surface area (TPSA) is 54.0 Å². The molecule has 0 radical (unpaired) electrons. The van der Waals surface area contributed by atoms with Gasteiger partial charge in [-0.05, 0) is 32.3 Å². The maximum absolute atomic E-state index is 14.0. The van der Waals surface area contributed by atoms with Crippen molar-refractivity contribution in [1.29, 1.82) is 0 Å². The van der Waals surface area contributed by atoms with Crippen LogP contribution < -0.4 is 10.6 Å². The molecule has 2 N–H and O–H groups in total. The first-order chi connectivity index (χ1) is 11.1. The molecule has 2 bridgehead atoms. The summed E-state index contributed by atoms with van der Waals surface area (Å²) in [5.41, 5.74) is 1.19. The van der Waals surface area contributed by atoms with Crippen LogP contribution in [0.25, 0.3) is 10.4 Å². The van der Waals surface area contributed by atoms with Gasteiger partial charge in [0, 0.05) is 23.7 Å². The second kappa shape index (κ2) is 5.69. The van der Waals surface area contributed by atoms with E-state index in [0.717, 1.165) is 17.7 Å². The van der Waals surface area contributed by atoms with Gasteiger partial charge in [-0.15, -0.1) is 11.3 Å². The normalized spacial score (nSPS) is 25.7. The number of carbonyl (C=O) groups excluding carboxylic acids is 1. The molecule has 6 heteroatoms. The van der Waals surface area contributed by atoms with Crippen LogP contribution in [0.4, 0.5) is 4.39 Å². The summed E-state index contributed by atoms with van der Waals surface area (Å²) in [5.74, 6) is -0.441. The number of rotatable bonds is 3. The average Bonchev–Trinajstić information content (AvgIpc) is 3.23. The van der Waals surface area contributed by atoms with Crippen molar-refractivity contribution in [3.8, 4) is 10.4 Å². The lowest BCUT2D eigenvalue weighted by Crippen LogP contribution is -2.42. The number of aromatic nitrogens is 1. The fourth-order valence-corrected chi connectivity index (χ4v) is 4.60. The van der Waals surface area contributed by atoms with Gasteiger partial charge in [0.1, 0.15) is 5.82 Å². The third kappa shape index (κ3) is 2.66. The molecule has 3 unspecified atom stereocenters. The van der Waals surface area contributed by atoms with Gasteiger partial charge in [-0.1, -0.05) is 18.2 Å². The highest BCUT2D eigenvalue weighted by atomic mass is 32.1. The monoisotopic (exact) mass is 331 g/mol. The number of fused-ring (bicyclic) bond motifs is 2. The molecule has 4 nitrogen and oxygen atoms in total. The standard InChI is InChI=1S/C17H18FN3OS/c1-9-15(11-4-2-3-5-12(11)18)23-17(19-9)16(22)21-14-8-10-6-7-13(14)20-10/h2-5,10,13-14,20H,6-8H2,1H3,(H,21,22). The Labute approximate surface area is 138 Å². The van der Waals surface area contributed by atoms with E-state index in [-0.39, 0.29) is 17.8 Å². The van der Waals surface area contributed by atoms with E-state index in [1.165, 1.54) is 23.8 Å². The van der Waals surface area contributed by atoms with E-state index in [2.05, 4.69) is 15.6 Å². The van der Waals surface area contributed by atoms with Gasteiger partial charge in [0.25, 0.3) is 5.91 Å². The highest BCUT2D eigenvalue weighted by Crippen LogP contribution is 2.32. The van der Waals surface area contributed by atoms with Gasteiger partial charge in [-0.3, -0.25) is 4.79 Å². The van der Waals surface area contributed by atoms with Gasteiger partial charge in [-0.25, -0.2) is 9.37 Å². The highest BCUT2D eigenvalue weighted by Gasteiger charge is 2.40. The lowest BCUT2D eigenvalue weighted by Gasteiger charge is -2.20. The molecule has 0 spiro atoms. The molecule has 4 rings (SSSR count). The Bertz CT molecular complexity index is 760. The van der Waals surface area contributed by atoms with Gasteiger partial charge in [-0.2, -0.15) is 0 Å². The summed E-state index contributed by atoms with van der Waals surface area (Å²) in [7, 11) is 0. The van der Waals surface area contributed by atoms with Crippen molar-refractivity contribution in [2.75, 3.05) is 0 Å². The van der Waals surface area contributed by atoms with Crippen LogP contribution in [-0.4, -0.2) is 29.0 Å².